The van der Waals surface area contributed by atoms with Gasteiger partial charge in [-0.15, -0.1) is 0 Å². The molecule has 0 bridgehead atoms. The quantitative estimate of drug-likeness (QED) is 0.308. The van der Waals surface area contributed by atoms with E-state index in [0.29, 0.717) is 22.7 Å². The third kappa shape index (κ3) is 3.67. The largest absolute Gasteiger partial charge is 0.456 e. The average Bonchev–Trinajstić information content (AvgIpc) is 3.20. The first-order chi connectivity index (χ1) is 19.4. The van der Waals surface area contributed by atoms with Crippen molar-refractivity contribution in [3.63, 3.8) is 0 Å². The van der Waals surface area contributed by atoms with E-state index in [2.05, 4.69) is 35.6 Å². The lowest BCUT2D eigenvalue weighted by atomic mass is 9.74. The standard InChI is InChI=1S/C32H32N4O4/c1-4-35(5-2)21-13-15-26-29(19-21)40-30-23-10-8-12-28(34-20(3)38)22(23)14-16-27(30)32(26)25-11-7-6-9-24(25)31(39)36(32)33-17-18-37/h6-16,19,33,37H,4-5,17-18H2,1-3H3,(H,34,38). The van der Waals surface area contributed by atoms with E-state index in [0.717, 1.165) is 46.2 Å². The van der Waals surface area contributed by atoms with Crippen LogP contribution in [0.25, 0.3) is 10.8 Å². The van der Waals surface area contributed by atoms with Gasteiger partial charge in [-0.25, -0.2) is 5.43 Å². The van der Waals surface area contributed by atoms with Gasteiger partial charge in [0, 0.05) is 77.0 Å². The Morgan fingerprint density at radius 2 is 1.73 bits per heavy atom. The lowest BCUT2D eigenvalue weighted by Gasteiger charge is -2.44. The second-order valence-electron chi connectivity index (χ2n) is 10.0. The van der Waals surface area contributed by atoms with Crippen molar-refractivity contribution in [2.45, 2.75) is 26.3 Å². The van der Waals surface area contributed by atoms with Crippen LogP contribution in [0.3, 0.4) is 0 Å². The van der Waals surface area contributed by atoms with E-state index < -0.39 is 5.54 Å². The van der Waals surface area contributed by atoms with Gasteiger partial charge in [-0.1, -0.05) is 48.5 Å². The summed E-state index contributed by atoms with van der Waals surface area (Å²) in [4.78, 5) is 28.2. The first kappa shape index (κ1) is 25.9. The highest BCUT2D eigenvalue weighted by atomic mass is 16.5. The number of ether oxygens (including phenoxy) is 1. The fourth-order valence-electron chi connectivity index (χ4n) is 6.22. The number of hydrazine groups is 1. The van der Waals surface area contributed by atoms with Crippen molar-refractivity contribution >= 4 is 34.0 Å². The zero-order valence-electron chi connectivity index (χ0n) is 22.8. The average molecular weight is 537 g/mol. The van der Waals surface area contributed by atoms with E-state index >= 15 is 0 Å². The lowest BCUT2D eigenvalue weighted by Crippen LogP contribution is -2.54. The molecule has 8 nitrogen and oxygen atoms in total. The Bertz CT molecular complexity index is 1650. The Morgan fingerprint density at radius 3 is 2.48 bits per heavy atom. The van der Waals surface area contributed by atoms with Gasteiger partial charge in [0.05, 0.1) is 6.61 Å². The summed E-state index contributed by atoms with van der Waals surface area (Å²) in [5.74, 6) is 0.929. The van der Waals surface area contributed by atoms with E-state index in [1.54, 1.807) is 5.01 Å². The van der Waals surface area contributed by atoms with Crippen molar-refractivity contribution in [2.24, 2.45) is 0 Å². The Balaban J connectivity index is 1.71. The Kier molecular flexibility index (Phi) is 6.44. The van der Waals surface area contributed by atoms with Crippen LogP contribution >= 0.6 is 0 Å². The molecule has 8 heteroatoms. The molecule has 2 amide bonds. The summed E-state index contributed by atoms with van der Waals surface area (Å²) in [6.07, 6.45) is 0. The van der Waals surface area contributed by atoms with Crippen LogP contribution in [0.1, 0.15) is 47.8 Å². The van der Waals surface area contributed by atoms with Crippen molar-refractivity contribution in [3.8, 4) is 11.5 Å². The number of anilines is 2. The number of benzene rings is 4. The van der Waals surface area contributed by atoms with Crippen LogP contribution in [-0.2, 0) is 10.3 Å². The number of amides is 2. The monoisotopic (exact) mass is 536 g/mol. The van der Waals surface area contributed by atoms with Gasteiger partial charge in [0.25, 0.3) is 5.91 Å². The first-order valence-corrected chi connectivity index (χ1v) is 13.6. The van der Waals surface area contributed by atoms with Crippen LogP contribution in [0.15, 0.2) is 72.8 Å². The van der Waals surface area contributed by atoms with Crippen LogP contribution in [-0.4, -0.2) is 48.2 Å². The zero-order chi connectivity index (χ0) is 28.0. The zero-order valence-corrected chi connectivity index (χ0v) is 22.8. The molecule has 40 heavy (non-hydrogen) atoms. The third-order valence-electron chi connectivity index (χ3n) is 7.88. The molecule has 1 spiro atoms. The molecule has 2 heterocycles. The van der Waals surface area contributed by atoms with Gasteiger partial charge < -0.3 is 20.1 Å². The molecule has 0 radical (unpaired) electrons. The van der Waals surface area contributed by atoms with E-state index in [1.807, 2.05) is 66.7 Å². The highest BCUT2D eigenvalue weighted by Crippen LogP contribution is 2.58. The minimum atomic E-state index is -1.05. The summed E-state index contributed by atoms with van der Waals surface area (Å²) >= 11 is 0. The smallest absolute Gasteiger partial charge is 0.269 e. The minimum absolute atomic E-state index is 0.134. The van der Waals surface area contributed by atoms with Crippen molar-refractivity contribution in [1.82, 2.24) is 10.4 Å². The molecule has 0 aliphatic carbocycles. The molecular formula is C32H32N4O4. The van der Waals surface area contributed by atoms with Crippen molar-refractivity contribution in [2.75, 3.05) is 36.5 Å². The number of rotatable bonds is 7. The summed E-state index contributed by atoms with van der Waals surface area (Å²) in [6, 6.07) is 23.5. The second-order valence-corrected chi connectivity index (χ2v) is 10.0. The number of carbonyl (C=O) groups excluding carboxylic acids is 2. The molecule has 2 aliphatic heterocycles. The predicted molar refractivity (Wildman–Crippen MR) is 156 cm³/mol. The highest BCUT2D eigenvalue weighted by molar-refractivity contribution is 6.06. The molecule has 2 aliphatic rings. The Labute approximate surface area is 233 Å². The van der Waals surface area contributed by atoms with E-state index in [-0.39, 0.29) is 25.0 Å². The Hall–Kier alpha value is -4.40. The third-order valence-corrected chi connectivity index (χ3v) is 7.88. The molecule has 0 fully saturated rings. The molecule has 0 aromatic heterocycles. The summed E-state index contributed by atoms with van der Waals surface area (Å²) in [5.41, 5.74) is 6.94. The molecule has 3 N–H and O–H groups in total. The number of nitrogens with one attached hydrogen (secondary N) is 2. The molecule has 0 saturated heterocycles. The maximum absolute atomic E-state index is 14.0. The lowest BCUT2D eigenvalue weighted by molar-refractivity contribution is -0.114. The van der Waals surface area contributed by atoms with Gasteiger partial charge in [-0.05, 0) is 32.0 Å². The van der Waals surface area contributed by atoms with Crippen molar-refractivity contribution < 1.29 is 19.4 Å². The molecule has 1 atom stereocenters. The normalized spacial score (nSPS) is 16.9. The van der Waals surface area contributed by atoms with Crippen LogP contribution in [0, 0.1) is 0 Å². The molecule has 4 aromatic rings. The molecule has 204 valence electrons. The van der Waals surface area contributed by atoms with Gasteiger partial charge in [0.15, 0.2) is 0 Å². The SMILES string of the molecule is CCN(CC)c1ccc2c(c1)Oc1c(ccc3c(NC(C)=O)cccc13)C21c2ccccc2C(=O)N1NCCO. The van der Waals surface area contributed by atoms with Crippen LogP contribution in [0.5, 0.6) is 11.5 Å². The molecule has 0 saturated carbocycles. The number of hydrogen-bond donors (Lipinski definition) is 3. The van der Waals surface area contributed by atoms with E-state index in [4.69, 9.17) is 4.74 Å². The van der Waals surface area contributed by atoms with Crippen molar-refractivity contribution in [3.05, 3.63) is 95.1 Å². The number of hydrogen-bond acceptors (Lipinski definition) is 6. The molecule has 4 aromatic carbocycles. The second kappa shape index (κ2) is 9.97. The Morgan fingerprint density at radius 1 is 0.950 bits per heavy atom. The molecular weight excluding hydrogens is 504 g/mol. The number of aliphatic hydroxyl groups is 1. The van der Waals surface area contributed by atoms with Crippen LogP contribution in [0.2, 0.25) is 0 Å². The molecule has 6 rings (SSSR count). The van der Waals surface area contributed by atoms with Gasteiger partial charge in [-0.2, -0.15) is 0 Å². The topological polar surface area (TPSA) is 94.1 Å². The summed E-state index contributed by atoms with van der Waals surface area (Å²) in [5, 5.41) is 16.0. The summed E-state index contributed by atoms with van der Waals surface area (Å²) in [7, 11) is 0. The maximum atomic E-state index is 14.0. The van der Waals surface area contributed by atoms with Gasteiger partial charge >= 0.3 is 0 Å². The number of fused-ring (bicyclic) bond motifs is 8. The van der Waals surface area contributed by atoms with E-state index in [9.17, 15) is 14.7 Å². The summed E-state index contributed by atoms with van der Waals surface area (Å²) in [6.45, 7) is 7.46. The van der Waals surface area contributed by atoms with Crippen LogP contribution in [0.4, 0.5) is 11.4 Å². The first-order valence-electron chi connectivity index (χ1n) is 13.6. The van der Waals surface area contributed by atoms with Gasteiger partial charge in [0.1, 0.15) is 17.0 Å². The minimum Gasteiger partial charge on any atom is -0.456 e. The fourth-order valence-corrected chi connectivity index (χ4v) is 6.22. The predicted octanol–water partition coefficient (Wildman–Crippen LogP) is 4.99. The van der Waals surface area contributed by atoms with Crippen LogP contribution < -0.4 is 20.4 Å². The fraction of sp³-hybridized carbons (Fsp3) is 0.250. The number of aliphatic hydroxyl groups excluding tert-OH is 1. The van der Waals surface area contributed by atoms with E-state index in [1.165, 1.54) is 6.92 Å². The maximum Gasteiger partial charge on any atom is 0.269 e. The number of nitrogens with zero attached hydrogens (tertiary/aromatic N) is 2. The summed E-state index contributed by atoms with van der Waals surface area (Å²) < 4.78 is 6.77. The molecule has 1 unspecified atom stereocenters. The van der Waals surface area contributed by atoms with Crippen molar-refractivity contribution in [1.29, 1.82) is 0 Å². The van der Waals surface area contributed by atoms with Gasteiger partial charge in [0.2, 0.25) is 5.91 Å². The van der Waals surface area contributed by atoms with Gasteiger partial charge in [-0.3, -0.25) is 14.6 Å². The number of carbonyl (C=O) groups is 2. The highest BCUT2D eigenvalue weighted by Gasteiger charge is 2.57.